The molecule has 2 saturated heterocycles. The molecule has 2 N–H and O–H groups in total. The van der Waals surface area contributed by atoms with Gasteiger partial charge in [-0.05, 0) is 32.1 Å². The van der Waals surface area contributed by atoms with E-state index in [2.05, 4.69) is 19.8 Å². The van der Waals surface area contributed by atoms with Crippen molar-refractivity contribution in [2.45, 2.75) is 45.2 Å². The monoisotopic (exact) mass is 510 g/mol. The van der Waals surface area contributed by atoms with Crippen LogP contribution in [0.15, 0.2) is 19.2 Å². The molecule has 0 spiro atoms. The molecule has 0 aliphatic carbocycles. The molecule has 0 aromatic carbocycles. The number of H-pyrrole nitrogens is 2. The van der Waals surface area contributed by atoms with Gasteiger partial charge in [0.15, 0.2) is 22.3 Å². The van der Waals surface area contributed by atoms with Crippen LogP contribution in [0, 0.1) is 0 Å². The van der Waals surface area contributed by atoms with Gasteiger partial charge >= 0.3 is 11.4 Å². The minimum absolute atomic E-state index is 0.355. The Kier molecular flexibility index (Phi) is 5.53. The van der Waals surface area contributed by atoms with Crippen LogP contribution >= 0.6 is 0 Å². The minimum Gasteiger partial charge on any atom is -0.342 e. The molecule has 6 rings (SSSR count). The highest BCUT2D eigenvalue weighted by atomic mass is 16.2. The number of nitrogens with one attached hydrogen (secondary N) is 2. The number of aryl methyl sites for hydroxylation is 4. The molecule has 0 unspecified atom stereocenters. The summed E-state index contributed by atoms with van der Waals surface area (Å²) in [6.45, 7) is 4.25. The summed E-state index contributed by atoms with van der Waals surface area (Å²) in [5, 5.41) is 0. The van der Waals surface area contributed by atoms with E-state index in [1.54, 1.807) is 14.1 Å². The Balaban J connectivity index is 1.41. The second-order valence-corrected chi connectivity index (χ2v) is 9.85. The first-order valence-electron chi connectivity index (χ1n) is 12.7. The molecule has 0 atom stereocenters. The molecule has 4 aromatic rings. The van der Waals surface area contributed by atoms with Gasteiger partial charge in [0.05, 0.1) is 0 Å². The highest BCUT2D eigenvalue weighted by molar-refractivity contribution is 5.75. The molecule has 14 nitrogen and oxygen atoms in total. The van der Waals surface area contributed by atoms with Gasteiger partial charge in [-0.1, -0.05) is 0 Å². The van der Waals surface area contributed by atoms with E-state index < -0.39 is 22.5 Å². The zero-order valence-corrected chi connectivity index (χ0v) is 21.0. The average Bonchev–Trinajstić information content (AvgIpc) is 3.66. The number of rotatable bonds is 6. The summed E-state index contributed by atoms with van der Waals surface area (Å²) in [6.07, 6.45) is 4.74. The van der Waals surface area contributed by atoms with E-state index in [0.717, 1.165) is 51.9 Å². The van der Waals surface area contributed by atoms with Gasteiger partial charge in [-0.25, -0.2) is 9.59 Å². The van der Waals surface area contributed by atoms with Gasteiger partial charge in [0.25, 0.3) is 11.1 Å². The standard InChI is InChI=1S/C23H30N10O4/c1-28-16-14(18(34)26-22(28)36)32(20(24-16)30-8-3-4-9-30)12-7-13-33-15-17(29(2)23(37)27-19(15)35)25-21(33)31-10-5-6-11-31/h3-13H2,1-2H3,(H,26,34,36)(H,27,35,37). The highest BCUT2D eigenvalue weighted by Gasteiger charge is 2.25. The first-order valence-corrected chi connectivity index (χ1v) is 12.7. The number of aromatic nitrogens is 8. The fourth-order valence-electron chi connectivity index (χ4n) is 5.57. The molecular formula is C23H30N10O4. The maximum atomic E-state index is 12.9. The van der Waals surface area contributed by atoms with E-state index in [1.165, 1.54) is 9.13 Å². The third kappa shape index (κ3) is 3.69. The third-order valence-corrected chi connectivity index (χ3v) is 7.52. The van der Waals surface area contributed by atoms with Gasteiger partial charge in [0, 0.05) is 53.4 Å². The van der Waals surface area contributed by atoms with Crippen LogP contribution in [0.1, 0.15) is 32.1 Å². The molecule has 4 aromatic heterocycles. The number of aromatic amines is 2. The summed E-state index contributed by atoms with van der Waals surface area (Å²) in [6, 6.07) is 0. The van der Waals surface area contributed by atoms with Crippen LogP contribution in [0.2, 0.25) is 0 Å². The molecule has 2 fully saturated rings. The van der Waals surface area contributed by atoms with Gasteiger partial charge < -0.3 is 18.9 Å². The average molecular weight is 511 g/mol. The number of nitrogens with zero attached hydrogens (tertiary/aromatic N) is 8. The first-order chi connectivity index (χ1) is 17.8. The predicted octanol–water partition coefficient (Wildman–Crippen LogP) is -0.549. The summed E-state index contributed by atoms with van der Waals surface area (Å²) in [7, 11) is 3.20. The Morgan fingerprint density at radius 3 is 1.41 bits per heavy atom. The van der Waals surface area contributed by atoms with Crippen molar-refractivity contribution in [1.82, 2.24) is 38.2 Å². The fourth-order valence-corrected chi connectivity index (χ4v) is 5.57. The Morgan fingerprint density at radius 1 is 0.649 bits per heavy atom. The number of fused-ring (bicyclic) bond motifs is 2. The van der Waals surface area contributed by atoms with Gasteiger partial charge in [-0.2, -0.15) is 9.97 Å². The Hall–Kier alpha value is -4.10. The lowest BCUT2D eigenvalue weighted by Crippen LogP contribution is -2.30. The fraction of sp³-hybridized carbons (Fsp3) is 0.565. The molecular weight excluding hydrogens is 480 g/mol. The molecule has 14 heteroatoms. The van der Waals surface area contributed by atoms with Crippen molar-refractivity contribution in [3.8, 4) is 0 Å². The SMILES string of the molecule is Cn1c(=O)[nH]c(=O)c2c1nc(N1CCCC1)n2CCCn1c(N2CCCC2)nc2c1c(=O)[nH]c(=O)n2C. The predicted molar refractivity (Wildman–Crippen MR) is 139 cm³/mol. The topological polar surface area (TPSA) is 152 Å². The lowest BCUT2D eigenvalue weighted by atomic mass is 10.3. The van der Waals surface area contributed by atoms with E-state index in [9.17, 15) is 19.2 Å². The van der Waals surface area contributed by atoms with E-state index in [0.29, 0.717) is 53.7 Å². The summed E-state index contributed by atoms with van der Waals surface area (Å²) >= 11 is 0. The van der Waals surface area contributed by atoms with Crippen LogP contribution in [-0.4, -0.2) is 64.4 Å². The quantitative estimate of drug-likeness (QED) is 0.351. The van der Waals surface area contributed by atoms with Crippen LogP contribution in [0.3, 0.4) is 0 Å². The highest BCUT2D eigenvalue weighted by Crippen LogP contribution is 2.26. The molecule has 0 saturated carbocycles. The van der Waals surface area contributed by atoms with Crippen molar-refractivity contribution < 1.29 is 0 Å². The number of anilines is 2. The lowest BCUT2D eigenvalue weighted by Gasteiger charge is -2.20. The minimum atomic E-state index is -0.500. The van der Waals surface area contributed by atoms with Crippen LogP contribution < -0.4 is 32.3 Å². The largest absolute Gasteiger partial charge is 0.342 e. The zero-order valence-electron chi connectivity index (χ0n) is 21.0. The maximum absolute atomic E-state index is 12.9. The van der Waals surface area contributed by atoms with Crippen LogP contribution in [0.5, 0.6) is 0 Å². The van der Waals surface area contributed by atoms with E-state index in [1.807, 2.05) is 9.13 Å². The smallest absolute Gasteiger partial charge is 0.329 e. The third-order valence-electron chi connectivity index (χ3n) is 7.52. The number of hydrogen-bond donors (Lipinski definition) is 2. The zero-order chi connectivity index (χ0) is 25.8. The van der Waals surface area contributed by atoms with Crippen LogP contribution in [-0.2, 0) is 27.2 Å². The number of imidazole rings is 2. The van der Waals surface area contributed by atoms with Crippen molar-refractivity contribution in [3.63, 3.8) is 0 Å². The Bertz CT molecular complexity index is 1610. The summed E-state index contributed by atoms with van der Waals surface area (Å²) in [4.78, 5) is 68.6. The Morgan fingerprint density at radius 2 is 1.03 bits per heavy atom. The molecule has 0 bridgehead atoms. The van der Waals surface area contributed by atoms with Crippen molar-refractivity contribution in [2.75, 3.05) is 36.0 Å². The second-order valence-electron chi connectivity index (χ2n) is 9.85. The van der Waals surface area contributed by atoms with Crippen LogP contribution in [0.25, 0.3) is 22.3 Å². The number of hydrogen-bond acceptors (Lipinski definition) is 8. The van der Waals surface area contributed by atoms with E-state index in [-0.39, 0.29) is 0 Å². The molecule has 2 aliphatic rings. The molecule has 196 valence electrons. The van der Waals surface area contributed by atoms with Gasteiger partial charge in [0.1, 0.15) is 0 Å². The molecule has 2 aliphatic heterocycles. The van der Waals surface area contributed by atoms with Crippen LogP contribution in [0.4, 0.5) is 11.9 Å². The molecule has 0 amide bonds. The maximum Gasteiger partial charge on any atom is 0.329 e. The van der Waals surface area contributed by atoms with Gasteiger partial charge in [-0.3, -0.25) is 28.7 Å². The van der Waals surface area contributed by atoms with Crippen molar-refractivity contribution in [3.05, 3.63) is 41.7 Å². The Labute approximate surface area is 209 Å². The van der Waals surface area contributed by atoms with Crippen molar-refractivity contribution >= 4 is 34.2 Å². The second kappa shape index (κ2) is 8.78. The summed E-state index contributed by atoms with van der Waals surface area (Å²) in [5.41, 5.74) is -0.498. The lowest BCUT2D eigenvalue weighted by molar-refractivity contribution is 0.572. The summed E-state index contributed by atoms with van der Waals surface area (Å²) < 4.78 is 6.49. The molecule has 6 heterocycles. The van der Waals surface area contributed by atoms with Gasteiger partial charge in [0.2, 0.25) is 11.9 Å². The molecule has 0 radical (unpaired) electrons. The molecule has 37 heavy (non-hydrogen) atoms. The van der Waals surface area contributed by atoms with Crippen molar-refractivity contribution in [1.29, 1.82) is 0 Å². The summed E-state index contributed by atoms with van der Waals surface area (Å²) in [5.74, 6) is 1.35. The first kappa shape index (κ1) is 23.3. The normalized spacial score (nSPS) is 16.2. The van der Waals surface area contributed by atoms with E-state index >= 15 is 0 Å². The van der Waals surface area contributed by atoms with Gasteiger partial charge in [-0.15, -0.1) is 0 Å². The van der Waals surface area contributed by atoms with E-state index in [4.69, 9.17) is 9.97 Å². The van der Waals surface area contributed by atoms with Crippen molar-refractivity contribution in [2.24, 2.45) is 14.1 Å².